The zero-order valence-electron chi connectivity index (χ0n) is 20.3. The van der Waals surface area contributed by atoms with Crippen LogP contribution in [0.2, 0.25) is 5.02 Å². The Morgan fingerprint density at radius 1 is 1.06 bits per heavy atom. The van der Waals surface area contributed by atoms with E-state index in [0.717, 1.165) is 58.7 Å². The van der Waals surface area contributed by atoms with Crippen molar-refractivity contribution in [2.75, 3.05) is 18.0 Å². The second-order valence-corrected chi connectivity index (χ2v) is 9.73. The molecular weight excluding hydrogens is 460 g/mol. The Morgan fingerprint density at radius 3 is 2.54 bits per heavy atom. The number of benzene rings is 2. The van der Waals surface area contributed by atoms with Gasteiger partial charge in [0.15, 0.2) is 5.82 Å². The highest BCUT2D eigenvalue weighted by atomic mass is 35.5. The molecule has 1 saturated heterocycles. The molecule has 180 valence electrons. The number of hydrogen-bond acceptors (Lipinski definition) is 5. The molecule has 7 nitrogen and oxygen atoms in total. The van der Waals surface area contributed by atoms with Crippen LogP contribution in [0.4, 0.5) is 5.82 Å². The first-order valence-electron chi connectivity index (χ1n) is 12.0. The van der Waals surface area contributed by atoms with Crippen LogP contribution in [0.25, 0.3) is 16.6 Å². The maximum atomic E-state index is 13.0. The minimum atomic E-state index is -0.116. The number of aromatic nitrogens is 4. The standard InChI is InChI=1S/C27H29ClN6O/c1-17-6-12-23(13-7-17)34-19(3)24-18(2)30-31-26(25(24)32-34)33-14-4-5-21(16-33)27(35)29-15-20-8-10-22(28)11-9-20/h6-13,21H,4-5,14-16H2,1-3H3,(H,29,35)/t21-/m1/s1. The first kappa shape index (κ1) is 23.3. The zero-order chi connectivity index (χ0) is 24.5. The van der Waals surface area contributed by atoms with Crippen LogP contribution in [0.1, 0.15) is 35.4 Å². The molecule has 0 unspecified atom stereocenters. The van der Waals surface area contributed by atoms with Crippen molar-refractivity contribution in [1.29, 1.82) is 0 Å². The number of anilines is 1. The molecule has 0 bridgehead atoms. The van der Waals surface area contributed by atoms with E-state index >= 15 is 0 Å². The van der Waals surface area contributed by atoms with Gasteiger partial charge < -0.3 is 10.2 Å². The molecule has 1 atom stereocenters. The number of amides is 1. The van der Waals surface area contributed by atoms with Gasteiger partial charge in [0.2, 0.25) is 5.91 Å². The van der Waals surface area contributed by atoms with Gasteiger partial charge in [-0.2, -0.15) is 10.2 Å². The molecule has 0 spiro atoms. The number of carbonyl (C=O) groups is 1. The first-order valence-corrected chi connectivity index (χ1v) is 12.4. The fourth-order valence-corrected chi connectivity index (χ4v) is 4.91. The Balaban J connectivity index is 1.39. The molecule has 5 rings (SSSR count). The van der Waals surface area contributed by atoms with Crippen LogP contribution in [0.15, 0.2) is 48.5 Å². The summed E-state index contributed by atoms with van der Waals surface area (Å²) in [7, 11) is 0. The maximum Gasteiger partial charge on any atom is 0.225 e. The summed E-state index contributed by atoms with van der Waals surface area (Å²) < 4.78 is 1.96. The number of rotatable bonds is 5. The fraction of sp³-hybridized carbons (Fsp3) is 0.333. The number of fused-ring (bicyclic) bond motifs is 1. The largest absolute Gasteiger partial charge is 0.352 e. The minimum Gasteiger partial charge on any atom is -0.352 e. The summed E-state index contributed by atoms with van der Waals surface area (Å²) in [6, 6.07) is 15.9. The van der Waals surface area contributed by atoms with E-state index in [1.807, 2.05) is 35.9 Å². The van der Waals surface area contributed by atoms with E-state index in [1.54, 1.807) is 0 Å². The highest BCUT2D eigenvalue weighted by molar-refractivity contribution is 6.30. The van der Waals surface area contributed by atoms with Gasteiger partial charge in [0.25, 0.3) is 0 Å². The third-order valence-corrected chi connectivity index (χ3v) is 6.99. The van der Waals surface area contributed by atoms with Gasteiger partial charge in [-0.1, -0.05) is 41.4 Å². The smallest absolute Gasteiger partial charge is 0.225 e. The number of hydrogen-bond donors (Lipinski definition) is 1. The molecule has 1 aliphatic rings. The van der Waals surface area contributed by atoms with Crippen LogP contribution >= 0.6 is 11.6 Å². The summed E-state index contributed by atoms with van der Waals surface area (Å²) >= 11 is 5.96. The Kier molecular flexibility index (Phi) is 6.43. The number of piperidine rings is 1. The van der Waals surface area contributed by atoms with Gasteiger partial charge in [-0.3, -0.25) is 4.79 Å². The van der Waals surface area contributed by atoms with E-state index in [0.29, 0.717) is 18.1 Å². The number of aryl methyl sites for hydroxylation is 3. The van der Waals surface area contributed by atoms with E-state index in [9.17, 15) is 4.79 Å². The number of carbonyl (C=O) groups excluding carboxylic acids is 1. The Morgan fingerprint density at radius 2 is 1.80 bits per heavy atom. The molecule has 35 heavy (non-hydrogen) atoms. The van der Waals surface area contributed by atoms with Crippen LogP contribution in [0.3, 0.4) is 0 Å². The van der Waals surface area contributed by atoms with Crippen LogP contribution in [-0.2, 0) is 11.3 Å². The van der Waals surface area contributed by atoms with Gasteiger partial charge in [-0.25, -0.2) is 4.68 Å². The van der Waals surface area contributed by atoms with Gasteiger partial charge in [-0.15, -0.1) is 5.10 Å². The molecule has 8 heteroatoms. The third kappa shape index (κ3) is 4.73. The van der Waals surface area contributed by atoms with Gasteiger partial charge in [0, 0.05) is 24.7 Å². The number of nitrogens with one attached hydrogen (secondary N) is 1. The Labute approximate surface area is 210 Å². The summed E-state index contributed by atoms with van der Waals surface area (Å²) in [6.45, 7) is 8.01. The molecule has 2 aromatic heterocycles. The summed E-state index contributed by atoms with van der Waals surface area (Å²) in [5, 5.41) is 18.8. The Hall–Kier alpha value is -3.45. The van der Waals surface area contributed by atoms with E-state index < -0.39 is 0 Å². The SMILES string of the molecule is Cc1ccc(-n2nc3c(N4CCC[C@@H](C(=O)NCc5ccc(Cl)cc5)C4)nnc(C)c3c2C)cc1. The fourth-order valence-electron chi connectivity index (χ4n) is 4.78. The summed E-state index contributed by atoms with van der Waals surface area (Å²) in [5.74, 6) is 0.687. The lowest BCUT2D eigenvalue weighted by molar-refractivity contribution is -0.125. The van der Waals surface area contributed by atoms with Gasteiger partial charge in [0.05, 0.1) is 28.4 Å². The number of nitrogens with zero attached hydrogens (tertiary/aromatic N) is 5. The topological polar surface area (TPSA) is 75.9 Å². The minimum absolute atomic E-state index is 0.0577. The van der Waals surface area contributed by atoms with Crippen molar-refractivity contribution in [2.45, 2.75) is 40.2 Å². The molecule has 0 aliphatic carbocycles. The average molecular weight is 489 g/mol. The van der Waals surface area contributed by atoms with Crippen molar-refractivity contribution < 1.29 is 4.79 Å². The first-order chi connectivity index (χ1) is 16.9. The molecule has 1 aliphatic heterocycles. The lowest BCUT2D eigenvalue weighted by atomic mass is 9.97. The third-order valence-electron chi connectivity index (χ3n) is 6.73. The van der Waals surface area contributed by atoms with Gasteiger partial charge >= 0.3 is 0 Å². The monoisotopic (exact) mass is 488 g/mol. The molecule has 0 radical (unpaired) electrons. The normalized spacial score (nSPS) is 16.0. The summed E-state index contributed by atoms with van der Waals surface area (Å²) in [4.78, 5) is 15.1. The molecule has 3 heterocycles. The highest BCUT2D eigenvalue weighted by Gasteiger charge is 2.29. The second kappa shape index (κ2) is 9.66. The van der Waals surface area contributed by atoms with Crippen molar-refractivity contribution in [3.05, 3.63) is 76.1 Å². The van der Waals surface area contributed by atoms with Crippen molar-refractivity contribution in [3.8, 4) is 5.69 Å². The quantitative estimate of drug-likeness (QED) is 0.431. The molecule has 1 fully saturated rings. The average Bonchev–Trinajstić information content (AvgIpc) is 3.22. The molecule has 1 N–H and O–H groups in total. The van der Waals surface area contributed by atoms with E-state index in [4.69, 9.17) is 16.7 Å². The lowest BCUT2D eigenvalue weighted by Gasteiger charge is -2.32. The van der Waals surface area contributed by atoms with Gasteiger partial charge in [-0.05, 0) is 63.4 Å². The molecular formula is C27H29ClN6O. The van der Waals surface area contributed by atoms with Gasteiger partial charge in [0.1, 0.15) is 5.52 Å². The predicted molar refractivity (Wildman–Crippen MR) is 139 cm³/mol. The van der Waals surface area contributed by atoms with Crippen molar-refractivity contribution in [2.24, 2.45) is 5.92 Å². The second-order valence-electron chi connectivity index (χ2n) is 9.29. The van der Waals surface area contributed by atoms with Crippen LogP contribution in [0, 0.1) is 26.7 Å². The molecule has 4 aromatic rings. The van der Waals surface area contributed by atoms with Crippen LogP contribution in [-0.4, -0.2) is 39.0 Å². The van der Waals surface area contributed by atoms with Crippen molar-refractivity contribution >= 4 is 34.2 Å². The van der Waals surface area contributed by atoms with Crippen LogP contribution in [0.5, 0.6) is 0 Å². The van der Waals surface area contributed by atoms with E-state index in [2.05, 4.69) is 58.5 Å². The maximum absolute atomic E-state index is 13.0. The van der Waals surface area contributed by atoms with Crippen molar-refractivity contribution in [3.63, 3.8) is 0 Å². The zero-order valence-corrected chi connectivity index (χ0v) is 21.0. The molecule has 0 saturated carbocycles. The predicted octanol–water partition coefficient (Wildman–Crippen LogP) is 4.93. The van der Waals surface area contributed by atoms with E-state index in [-0.39, 0.29) is 11.8 Å². The van der Waals surface area contributed by atoms with Crippen molar-refractivity contribution in [1.82, 2.24) is 25.3 Å². The summed E-state index contributed by atoms with van der Waals surface area (Å²) in [6.07, 6.45) is 1.76. The Bertz CT molecular complexity index is 1360. The highest BCUT2D eigenvalue weighted by Crippen LogP contribution is 2.31. The molecule has 1 amide bonds. The van der Waals surface area contributed by atoms with E-state index in [1.165, 1.54) is 5.56 Å². The lowest BCUT2D eigenvalue weighted by Crippen LogP contribution is -2.43. The van der Waals surface area contributed by atoms with Crippen LogP contribution < -0.4 is 10.2 Å². The summed E-state index contributed by atoms with van der Waals surface area (Å²) in [5.41, 5.74) is 5.96. The molecule has 2 aromatic carbocycles. The number of halogens is 1.